The van der Waals surface area contributed by atoms with Crippen LogP contribution in [0.15, 0.2) is 65.7 Å². The molecule has 4 aromatic rings. The topological polar surface area (TPSA) is 81.9 Å². The van der Waals surface area contributed by atoms with Gasteiger partial charge in [-0.25, -0.2) is 14.4 Å². The summed E-state index contributed by atoms with van der Waals surface area (Å²) in [5.74, 6) is 0.450. The Morgan fingerprint density at radius 2 is 1.88 bits per heavy atom. The SMILES string of the molecule is O=c1c(NCC2CCOCC2)nc2ccc(-c3ccc(F)cc3)nc2n1Cc1cccnc1. The van der Waals surface area contributed by atoms with E-state index < -0.39 is 0 Å². The van der Waals surface area contributed by atoms with Crippen molar-refractivity contribution in [2.45, 2.75) is 19.4 Å². The first-order valence-electron chi connectivity index (χ1n) is 11.1. The molecule has 0 amide bonds. The van der Waals surface area contributed by atoms with E-state index in [1.165, 1.54) is 12.1 Å². The fourth-order valence-corrected chi connectivity index (χ4v) is 4.03. The monoisotopic (exact) mass is 445 g/mol. The molecule has 0 radical (unpaired) electrons. The molecule has 1 saturated heterocycles. The van der Waals surface area contributed by atoms with Crippen molar-refractivity contribution in [2.24, 2.45) is 5.92 Å². The zero-order valence-corrected chi connectivity index (χ0v) is 18.1. The summed E-state index contributed by atoms with van der Waals surface area (Å²) in [6, 6.07) is 13.6. The Balaban J connectivity index is 1.56. The molecular weight excluding hydrogens is 421 g/mol. The van der Waals surface area contributed by atoms with Crippen LogP contribution in [0.25, 0.3) is 22.4 Å². The van der Waals surface area contributed by atoms with Crippen LogP contribution < -0.4 is 10.9 Å². The molecule has 168 valence electrons. The van der Waals surface area contributed by atoms with Crippen LogP contribution in [0.1, 0.15) is 18.4 Å². The lowest BCUT2D eigenvalue weighted by Crippen LogP contribution is -2.29. The van der Waals surface area contributed by atoms with Gasteiger partial charge < -0.3 is 10.1 Å². The largest absolute Gasteiger partial charge is 0.381 e. The maximum atomic E-state index is 13.5. The number of nitrogens with one attached hydrogen (secondary N) is 1. The quantitative estimate of drug-likeness (QED) is 0.485. The summed E-state index contributed by atoms with van der Waals surface area (Å²) < 4.78 is 20.4. The van der Waals surface area contributed by atoms with E-state index in [0.29, 0.717) is 41.7 Å². The number of ether oxygens (including phenoxy) is 1. The Labute approximate surface area is 190 Å². The first-order chi connectivity index (χ1) is 16.2. The van der Waals surface area contributed by atoms with Gasteiger partial charge in [0.15, 0.2) is 11.5 Å². The minimum atomic E-state index is -0.310. The van der Waals surface area contributed by atoms with Gasteiger partial charge in [0, 0.05) is 37.7 Å². The van der Waals surface area contributed by atoms with Crippen LogP contribution >= 0.6 is 0 Å². The molecule has 0 bridgehead atoms. The highest BCUT2D eigenvalue weighted by Gasteiger charge is 2.17. The predicted octanol–water partition coefficient (Wildman–Crippen LogP) is 3.88. The molecule has 33 heavy (non-hydrogen) atoms. The standard InChI is InChI=1S/C25H24FN5O2/c26-20-5-3-19(4-6-20)21-7-8-22-24(30-21)31(16-18-2-1-11-27-14-18)25(32)23(29-22)28-15-17-9-12-33-13-10-17/h1-8,11,14,17H,9-10,12-13,15-16H2,(H,28,29). The van der Waals surface area contributed by atoms with Gasteiger partial charge in [0.05, 0.1) is 12.2 Å². The van der Waals surface area contributed by atoms with Gasteiger partial charge in [0.25, 0.3) is 5.56 Å². The van der Waals surface area contributed by atoms with E-state index in [-0.39, 0.29) is 11.4 Å². The molecule has 8 heteroatoms. The van der Waals surface area contributed by atoms with Crippen molar-refractivity contribution in [3.8, 4) is 11.3 Å². The van der Waals surface area contributed by atoms with Crippen molar-refractivity contribution in [1.29, 1.82) is 0 Å². The number of halogens is 1. The Bertz CT molecular complexity index is 1300. The molecule has 1 aromatic carbocycles. The second-order valence-corrected chi connectivity index (χ2v) is 8.20. The zero-order valence-electron chi connectivity index (χ0n) is 18.1. The molecule has 3 aromatic heterocycles. The van der Waals surface area contributed by atoms with Crippen molar-refractivity contribution < 1.29 is 9.13 Å². The van der Waals surface area contributed by atoms with E-state index >= 15 is 0 Å². The van der Waals surface area contributed by atoms with Gasteiger partial charge in [-0.15, -0.1) is 0 Å². The van der Waals surface area contributed by atoms with Crippen molar-refractivity contribution in [3.05, 3.63) is 82.7 Å². The molecule has 7 nitrogen and oxygen atoms in total. The molecular formula is C25H24FN5O2. The van der Waals surface area contributed by atoms with Gasteiger partial charge in [-0.05, 0) is 66.8 Å². The predicted molar refractivity (Wildman–Crippen MR) is 125 cm³/mol. The van der Waals surface area contributed by atoms with Crippen LogP contribution in [0.2, 0.25) is 0 Å². The van der Waals surface area contributed by atoms with Crippen LogP contribution in [0.5, 0.6) is 0 Å². The van der Waals surface area contributed by atoms with Gasteiger partial charge in [0.2, 0.25) is 0 Å². The van der Waals surface area contributed by atoms with Crippen molar-refractivity contribution in [2.75, 3.05) is 25.1 Å². The number of rotatable bonds is 6. The number of nitrogens with zero attached hydrogens (tertiary/aromatic N) is 4. The number of hydrogen-bond donors (Lipinski definition) is 1. The Morgan fingerprint density at radius 3 is 2.64 bits per heavy atom. The molecule has 1 N–H and O–H groups in total. The summed E-state index contributed by atoms with van der Waals surface area (Å²) in [6.45, 7) is 2.49. The highest BCUT2D eigenvalue weighted by atomic mass is 19.1. The summed E-state index contributed by atoms with van der Waals surface area (Å²) in [4.78, 5) is 27.0. The molecule has 1 fully saturated rings. The second-order valence-electron chi connectivity index (χ2n) is 8.20. The summed E-state index contributed by atoms with van der Waals surface area (Å²) >= 11 is 0. The van der Waals surface area contributed by atoms with E-state index in [2.05, 4.69) is 15.3 Å². The van der Waals surface area contributed by atoms with Crippen LogP contribution in [0.4, 0.5) is 10.2 Å². The second kappa shape index (κ2) is 9.46. The molecule has 5 rings (SSSR count). The van der Waals surface area contributed by atoms with Gasteiger partial charge in [-0.1, -0.05) is 6.07 Å². The molecule has 0 atom stereocenters. The summed E-state index contributed by atoms with van der Waals surface area (Å²) in [7, 11) is 0. The molecule has 1 aliphatic rings. The summed E-state index contributed by atoms with van der Waals surface area (Å²) in [5, 5.41) is 3.27. The van der Waals surface area contributed by atoms with E-state index in [0.717, 1.165) is 37.2 Å². The minimum Gasteiger partial charge on any atom is -0.381 e. The maximum absolute atomic E-state index is 13.5. The van der Waals surface area contributed by atoms with Gasteiger partial charge in [-0.3, -0.25) is 14.3 Å². The molecule has 4 heterocycles. The average molecular weight is 445 g/mol. The fourth-order valence-electron chi connectivity index (χ4n) is 4.03. The lowest BCUT2D eigenvalue weighted by Gasteiger charge is -2.22. The van der Waals surface area contributed by atoms with E-state index in [1.54, 1.807) is 29.1 Å². The Hall–Kier alpha value is -3.65. The lowest BCUT2D eigenvalue weighted by atomic mass is 10.0. The Kier molecular flexibility index (Phi) is 6.08. The molecule has 0 saturated carbocycles. The zero-order chi connectivity index (χ0) is 22.6. The number of pyridine rings is 2. The number of fused-ring (bicyclic) bond motifs is 1. The molecule has 1 aliphatic heterocycles. The van der Waals surface area contributed by atoms with Gasteiger partial charge >= 0.3 is 0 Å². The van der Waals surface area contributed by atoms with Crippen LogP contribution in [0, 0.1) is 11.7 Å². The van der Waals surface area contributed by atoms with Crippen molar-refractivity contribution >= 4 is 17.0 Å². The Morgan fingerprint density at radius 1 is 1.06 bits per heavy atom. The number of hydrogen-bond acceptors (Lipinski definition) is 6. The number of benzene rings is 1. The van der Waals surface area contributed by atoms with Crippen LogP contribution in [-0.2, 0) is 11.3 Å². The van der Waals surface area contributed by atoms with Crippen molar-refractivity contribution in [3.63, 3.8) is 0 Å². The normalized spacial score (nSPS) is 14.5. The van der Waals surface area contributed by atoms with Crippen LogP contribution in [-0.4, -0.2) is 39.3 Å². The van der Waals surface area contributed by atoms with Gasteiger partial charge in [-0.2, -0.15) is 0 Å². The minimum absolute atomic E-state index is 0.234. The summed E-state index contributed by atoms with van der Waals surface area (Å²) in [5.41, 5.74) is 3.15. The molecule has 0 aliphatic carbocycles. The van der Waals surface area contributed by atoms with E-state index in [9.17, 15) is 9.18 Å². The smallest absolute Gasteiger partial charge is 0.295 e. The molecule has 0 spiro atoms. The first-order valence-corrected chi connectivity index (χ1v) is 11.1. The third-order valence-electron chi connectivity index (χ3n) is 5.89. The molecule has 0 unspecified atom stereocenters. The highest BCUT2D eigenvalue weighted by molar-refractivity contribution is 5.76. The van der Waals surface area contributed by atoms with E-state index in [1.807, 2.05) is 24.3 Å². The first kappa shape index (κ1) is 21.2. The number of anilines is 1. The third-order valence-corrected chi connectivity index (χ3v) is 5.89. The third kappa shape index (κ3) is 4.75. The summed E-state index contributed by atoms with van der Waals surface area (Å²) in [6.07, 6.45) is 5.36. The van der Waals surface area contributed by atoms with E-state index in [4.69, 9.17) is 9.72 Å². The van der Waals surface area contributed by atoms with Gasteiger partial charge in [0.1, 0.15) is 11.3 Å². The average Bonchev–Trinajstić information content (AvgIpc) is 2.86. The van der Waals surface area contributed by atoms with Crippen LogP contribution in [0.3, 0.4) is 0 Å². The lowest BCUT2D eigenvalue weighted by molar-refractivity contribution is 0.0699. The maximum Gasteiger partial charge on any atom is 0.295 e. The fraction of sp³-hybridized carbons (Fsp3) is 0.280. The van der Waals surface area contributed by atoms with Crippen molar-refractivity contribution in [1.82, 2.24) is 19.5 Å². The number of aromatic nitrogens is 4. The highest BCUT2D eigenvalue weighted by Crippen LogP contribution is 2.22.